The lowest BCUT2D eigenvalue weighted by Crippen LogP contribution is -2.49. The van der Waals surface area contributed by atoms with Gasteiger partial charge in [0.25, 0.3) is 0 Å². The number of nitrogens with one attached hydrogen (secondary N) is 2. The Labute approximate surface area is 176 Å². The van der Waals surface area contributed by atoms with E-state index in [0.717, 1.165) is 17.7 Å². The molecule has 1 aromatic carbocycles. The summed E-state index contributed by atoms with van der Waals surface area (Å²) in [6.45, 7) is 3.50. The minimum absolute atomic E-state index is 0. The van der Waals surface area contributed by atoms with Gasteiger partial charge < -0.3 is 15.5 Å². The second-order valence-electron chi connectivity index (χ2n) is 6.60. The molecule has 2 N–H and O–H groups in total. The monoisotopic (exact) mass is 422 g/mol. The first-order chi connectivity index (χ1) is 13.0. The highest BCUT2D eigenvalue weighted by molar-refractivity contribution is 6.30. The first-order valence-electron chi connectivity index (χ1n) is 8.97. The van der Waals surface area contributed by atoms with Crippen molar-refractivity contribution in [3.63, 3.8) is 0 Å². The number of aromatic nitrogens is 1. The van der Waals surface area contributed by atoms with Gasteiger partial charge in [0.15, 0.2) is 0 Å². The molecule has 0 aliphatic carbocycles. The van der Waals surface area contributed by atoms with Gasteiger partial charge in [-0.05, 0) is 29.3 Å². The average Bonchev–Trinajstić information content (AvgIpc) is 2.68. The molecule has 2 unspecified atom stereocenters. The number of carbonyl (C=O) groups is 2. The van der Waals surface area contributed by atoms with Crippen LogP contribution in [0.5, 0.6) is 0 Å². The third kappa shape index (κ3) is 5.67. The van der Waals surface area contributed by atoms with E-state index in [2.05, 4.69) is 15.6 Å². The molecule has 1 aliphatic rings. The molecule has 2 heterocycles. The van der Waals surface area contributed by atoms with Crippen molar-refractivity contribution in [1.29, 1.82) is 0 Å². The Bertz CT molecular complexity index is 787. The molecule has 28 heavy (non-hydrogen) atoms. The van der Waals surface area contributed by atoms with Crippen molar-refractivity contribution >= 4 is 35.8 Å². The lowest BCUT2D eigenvalue weighted by Gasteiger charge is -2.37. The Hall–Kier alpha value is -2.15. The molecule has 1 fully saturated rings. The fraction of sp³-hybridized carbons (Fsp3) is 0.350. The van der Waals surface area contributed by atoms with Crippen LogP contribution in [0.3, 0.4) is 0 Å². The second-order valence-corrected chi connectivity index (χ2v) is 7.04. The summed E-state index contributed by atoms with van der Waals surface area (Å²) in [5.41, 5.74) is 1.86. The molecule has 8 heteroatoms. The number of carbonyl (C=O) groups excluding carboxylic acids is 2. The van der Waals surface area contributed by atoms with Crippen molar-refractivity contribution in [2.45, 2.75) is 25.4 Å². The van der Waals surface area contributed by atoms with Crippen LogP contribution in [0.4, 0.5) is 0 Å². The lowest BCUT2D eigenvalue weighted by atomic mass is 10.0. The number of halogens is 2. The summed E-state index contributed by atoms with van der Waals surface area (Å²) < 4.78 is 0. The Morgan fingerprint density at radius 2 is 2.07 bits per heavy atom. The van der Waals surface area contributed by atoms with Gasteiger partial charge in [-0.25, -0.2) is 0 Å². The minimum atomic E-state index is -0.392. The third-order valence-corrected chi connectivity index (χ3v) is 4.91. The van der Waals surface area contributed by atoms with Gasteiger partial charge in [0.2, 0.25) is 11.8 Å². The van der Waals surface area contributed by atoms with Crippen molar-refractivity contribution in [2.75, 3.05) is 19.6 Å². The number of amides is 2. The maximum atomic E-state index is 13.1. The first kappa shape index (κ1) is 22.1. The molecule has 1 saturated heterocycles. The van der Waals surface area contributed by atoms with E-state index >= 15 is 0 Å². The van der Waals surface area contributed by atoms with E-state index in [1.807, 2.05) is 29.2 Å². The minimum Gasteiger partial charge on any atom is -0.349 e. The standard InChI is InChI=1S/C20H23ClN4O2.ClH/c1-14(26)24-18(15-4-6-17(21)7-5-15)11-20(27)25-10-9-23-13-19(25)16-3-2-8-22-12-16;/h2-8,12,18-19,23H,9-11,13H2,1H3,(H,24,26);1H. The number of pyridine rings is 1. The molecule has 0 bridgehead atoms. The predicted octanol–water partition coefficient (Wildman–Crippen LogP) is 2.90. The molecule has 2 amide bonds. The van der Waals surface area contributed by atoms with Crippen molar-refractivity contribution in [1.82, 2.24) is 20.5 Å². The number of rotatable bonds is 5. The lowest BCUT2D eigenvalue weighted by molar-refractivity contribution is -0.135. The summed E-state index contributed by atoms with van der Waals surface area (Å²) in [5, 5.41) is 6.83. The van der Waals surface area contributed by atoms with Gasteiger partial charge in [0, 0.05) is 44.0 Å². The van der Waals surface area contributed by atoms with Crippen LogP contribution in [0.2, 0.25) is 5.02 Å². The van der Waals surface area contributed by atoms with Gasteiger partial charge in [-0.1, -0.05) is 29.8 Å². The summed E-state index contributed by atoms with van der Waals surface area (Å²) in [5.74, 6) is -0.175. The number of benzene rings is 1. The Balaban J connectivity index is 0.00000280. The van der Waals surface area contributed by atoms with Crippen LogP contribution in [0, 0.1) is 0 Å². The largest absolute Gasteiger partial charge is 0.349 e. The van der Waals surface area contributed by atoms with E-state index < -0.39 is 6.04 Å². The zero-order valence-electron chi connectivity index (χ0n) is 15.6. The predicted molar refractivity (Wildman–Crippen MR) is 111 cm³/mol. The zero-order chi connectivity index (χ0) is 19.2. The van der Waals surface area contributed by atoms with E-state index in [4.69, 9.17) is 11.6 Å². The van der Waals surface area contributed by atoms with E-state index in [0.29, 0.717) is 18.1 Å². The van der Waals surface area contributed by atoms with E-state index in [1.165, 1.54) is 6.92 Å². The summed E-state index contributed by atoms with van der Waals surface area (Å²) in [6.07, 6.45) is 3.71. The molecule has 0 saturated carbocycles. The highest BCUT2D eigenvalue weighted by atomic mass is 35.5. The highest BCUT2D eigenvalue weighted by Gasteiger charge is 2.30. The van der Waals surface area contributed by atoms with E-state index in [1.54, 1.807) is 24.5 Å². The Kier molecular flexibility index (Phi) is 8.23. The molecular formula is C20H24Cl2N4O2. The van der Waals surface area contributed by atoms with Crippen LogP contribution in [-0.4, -0.2) is 41.3 Å². The third-order valence-electron chi connectivity index (χ3n) is 4.66. The van der Waals surface area contributed by atoms with Gasteiger partial charge in [-0.15, -0.1) is 12.4 Å². The first-order valence-corrected chi connectivity index (χ1v) is 9.35. The fourth-order valence-electron chi connectivity index (χ4n) is 3.36. The van der Waals surface area contributed by atoms with Crippen LogP contribution < -0.4 is 10.6 Å². The molecule has 3 rings (SSSR count). The smallest absolute Gasteiger partial charge is 0.225 e. The van der Waals surface area contributed by atoms with Crippen molar-refractivity contribution < 1.29 is 9.59 Å². The van der Waals surface area contributed by atoms with E-state index in [-0.39, 0.29) is 36.7 Å². The summed E-state index contributed by atoms with van der Waals surface area (Å²) in [4.78, 5) is 30.8. The van der Waals surface area contributed by atoms with Gasteiger partial charge in [0.1, 0.15) is 0 Å². The molecule has 0 radical (unpaired) electrons. The van der Waals surface area contributed by atoms with Gasteiger partial charge in [-0.2, -0.15) is 0 Å². The molecule has 0 spiro atoms. The molecule has 1 aromatic heterocycles. The van der Waals surface area contributed by atoms with Crippen LogP contribution in [-0.2, 0) is 9.59 Å². The molecule has 2 aromatic rings. The summed E-state index contributed by atoms with van der Waals surface area (Å²) >= 11 is 5.96. The Morgan fingerprint density at radius 1 is 1.32 bits per heavy atom. The SMILES string of the molecule is CC(=O)NC(CC(=O)N1CCNCC1c1cccnc1)c1ccc(Cl)cc1.Cl. The van der Waals surface area contributed by atoms with Crippen molar-refractivity contribution in [3.8, 4) is 0 Å². The van der Waals surface area contributed by atoms with Crippen LogP contribution in [0.15, 0.2) is 48.8 Å². The Morgan fingerprint density at radius 3 is 2.71 bits per heavy atom. The molecule has 150 valence electrons. The van der Waals surface area contributed by atoms with Crippen molar-refractivity contribution in [3.05, 3.63) is 64.9 Å². The summed E-state index contributed by atoms with van der Waals surface area (Å²) in [7, 11) is 0. The van der Waals surface area contributed by atoms with E-state index in [9.17, 15) is 9.59 Å². The topological polar surface area (TPSA) is 74.3 Å². The van der Waals surface area contributed by atoms with Crippen molar-refractivity contribution in [2.24, 2.45) is 0 Å². The zero-order valence-corrected chi connectivity index (χ0v) is 17.2. The number of nitrogens with zero attached hydrogens (tertiary/aromatic N) is 2. The number of hydrogen-bond donors (Lipinski definition) is 2. The molecule has 6 nitrogen and oxygen atoms in total. The number of hydrogen-bond acceptors (Lipinski definition) is 4. The van der Waals surface area contributed by atoms with Gasteiger partial charge in [0.05, 0.1) is 18.5 Å². The highest BCUT2D eigenvalue weighted by Crippen LogP contribution is 2.26. The summed E-state index contributed by atoms with van der Waals surface area (Å²) in [6, 6.07) is 10.6. The second kappa shape index (κ2) is 10.4. The normalized spacial score (nSPS) is 17.4. The fourth-order valence-corrected chi connectivity index (χ4v) is 3.48. The van der Waals surface area contributed by atoms with Crippen LogP contribution in [0.25, 0.3) is 0 Å². The molecule has 1 aliphatic heterocycles. The molecule has 2 atom stereocenters. The number of piperazine rings is 1. The van der Waals surface area contributed by atoms with Crippen LogP contribution in [0.1, 0.15) is 36.6 Å². The average molecular weight is 423 g/mol. The van der Waals surface area contributed by atoms with Crippen LogP contribution >= 0.6 is 24.0 Å². The van der Waals surface area contributed by atoms with Gasteiger partial charge >= 0.3 is 0 Å². The quantitative estimate of drug-likeness (QED) is 0.776. The molecular weight excluding hydrogens is 399 g/mol. The maximum Gasteiger partial charge on any atom is 0.225 e. The maximum absolute atomic E-state index is 13.1. The van der Waals surface area contributed by atoms with Gasteiger partial charge in [-0.3, -0.25) is 14.6 Å².